The van der Waals surface area contributed by atoms with Gasteiger partial charge in [-0.25, -0.2) is 4.79 Å². The Labute approximate surface area is 100 Å². The van der Waals surface area contributed by atoms with Gasteiger partial charge in [-0.1, -0.05) is 0 Å². The first-order chi connectivity index (χ1) is 8.11. The van der Waals surface area contributed by atoms with Crippen LogP contribution in [0.5, 0.6) is 11.5 Å². The highest BCUT2D eigenvalue weighted by Crippen LogP contribution is 2.34. The Hall–Kier alpha value is -1.71. The molecule has 0 saturated heterocycles. The number of fused-ring (bicyclic) bond motifs is 1. The van der Waals surface area contributed by atoms with Gasteiger partial charge in [-0.3, -0.25) is 0 Å². The highest BCUT2D eigenvalue weighted by atomic mass is 16.6. The van der Waals surface area contributed by atoms with Crippen LogP contribution in [0.4, 0.5) is 0 Å². The Morgan fingerprint density at radius 2 is 2.00 bits per heavy atom. The van der Waals surface area contributed by atoms with E-state index in [4.69, 9.17) is 14.2 Å². The van der Waals surface area contributed by atoms with Crippen LogP contribution >= 0.6 is 0 Å². The summed E-state index contributed by atoms with van der Waals surface area (Å²) < 4.78 is 16.0. The molecule has 1 aromatic carbocycles. The molecule has 17 heavy (non-hydrogen) atoms. The SMILES string of the molecule is CCOC(=O)[C@H]1COc2cc(C)c(C)cc2O1. The molecule has 0 saturated carbocycles. The van der Waals surface area contributed by atoms with Crippen LogP contribution in [-0.4, -0.2) is 25.3 Å². The van der Waals surface area contributed by atoms with Gasteiger partial charge >= 0.3 is 5.97 Å². The molecule has 0 bridgehead atoms. The van der Waals surface area contributed by atoms with Crippen molar-refractivity contribution in [3.63, 3.8) is 0 Å². The van der Waals surface area contributed by atoms with Crippen molar-refractivity contribution in [2.75, 3.05) is 13.2 Å². The van der Waals surface area contributed by atoms with Crippen LogP contribution in [0.1, 0.15) is 18.1 Å². The Kier molecular flexibility index (Phi) is 3.22. The van der Waals surface area contributed by atoms with Crippen molar-refractivity contribution in [1.29, 1.82) is 0 Å². The zero-order valence-corrected chi connectivity index (χ0v) is 10.3. The van der Waals surface area contributed by atoms with Gasteiger partial charge in [-0.05, 0) is 44.0 Å². The van der Waals surface area contributed by atoms with Crippen LogP contribution in [0.2, 0.25) is 0 Å². The molecular formula is C13H16O4. The Morgan fingerprint density at radius 3 is 2.65 bits per heavy atom. The van der Waals surface area contributed by atoms with E-state index in [9.17, 15) is 4.79 Å². The van der Waals surface area contributed by atoms with Gasteiger partial charge in [0.15, 0.2) is 11.5 Å². The third-order valence-corrected chi connectivity index (χ3v) is 2.77. The second kappa shape index (κ2) is 4.65. The molecule has 2 rings (SSSR count). The molecule has 0 unspecified atom stereocenters. The van der Waals surface area contributed by atoms with E-state index in [1.807, 2.05) is 26.0 Å². The topological polar surface area (TPSA) is 44.8 Å². The van der Waals surface area contributed by atoms with Crippen LogP contribution in [0.3, 0.4) is 0 Å². The van der Waals surface area contributed by atoms with Gasteiger partial charge in [0.1, 0.15) is 6.61 Å². The van der Waals surface area contributed by atoms with Crippen molar-refractivity contribution in [2.24, 2.45) is 0 Å². The molecule has 4 heteroatoms. The van der Waals surface area contributed by atoms with Crippen LogP contribution in [0.25, 0.3) is 0 Å². The molecule has 92 valence electrons. The molecule has 0 spiro atoms. The quantitative estimate of drug-likeness (QED) is 0.737. The van der Waals surface area contributed by atoms with E-state index >= 15 is 0 Å². The average molecular weight is 236 g/mol. The van der Waals surface area contributed by atoms with Crippen molar-refractivity contribution in [3.8, 4) is 11.5 Å². The predicted molar refractivity (Wildman–Crippen MR) is 62.5 cm³/mol. The second-order valence-electron chi connectivity index (χ2n) is 4.05. The van der Waals surface area contributed by atoms with E-state index in [-0.39, 0.29) is 12.6 Å². The summed E-state index contributed by atoms with van der Waals surface area (Å²) in [5.41, 5.74) is 2.25. The molecule has 1 atom stereocenters. The maximum Gasteiger partial charge on any atom is 0.350 e. The Morgan fingerprint density at radius 1 is 1.35 bits per heavy atom. The fraction of sp³-hybridized carbons (Fsp3) is 0.462. The number of esters is 1. The number of carbonyl (C=O) groups is 1. The molecule has 0 N–H and O–H groups in total. The minimum Gasteiger partial charge on any atom is -0.485 e. The van der Waals surface area contributed by atoms with Crippen molar-refractivity contribution in [3.05, 3.63) is 23.3 Å². The number of carbonyl (C=O) groups excluding carboxylic acids is 1. The maximum absolute atomic E-state index is 11.5. The third kappa shape index (κ3) is 2.35. The lowest BCUT2D eigenvalue weighted by Crippen LogP contribution is -2.37. The lowest BCUT2D eigenvalue weighted by atomic mass is 10.1. The molecule has 1 aliphatic rings. The Balaban J connectivity index is 2.18. The van der Waals surface area contributed by atoms with E-state index < -0.39 is 6.10 Å². The summed E-state index contributed by atoms with van der Waals surface area (Å²) in [6, 6.07) is 3.81. The summed E-state index contributed by atoms with van der Waals surface area (Å²) in [5, 5.41) is 0. The number of benzene rings is 1. The second-order valence-corrected chi connectivity index (χ2v) is 4.05. The molecule has 1 aromatic rings. The zero-order valence-electron chi connectivity index (χ0n) is 10.3. The van der Waals surface area contributed by atoms with E-state index in [0.717, 1.165) is 11.1 Å². The summed E-state index contributed by atoms with van der Waals surface area (Å²) in [5.74, 6) is 0.919. The average Bonchev–Trinajstić information content (AvgIpc) is 2.30. The molecule has 1 aliphatic heterocycles. The fourth-order valence-electron chi connectivity index (χ4n) is 1.67. The van der Waals surface area contributed by atoms with Gasteiger partial charge in [0, 0.05) is 0 Å². The maximum atomic E-state index is 11.5. The number of ether oxygens (including phenoxy) is 3. The number of hydrogen-bond acceptors (Lipinski definition) is 4. The zero-order chi connectivity index (χ0) is 12.4. The predicted octanol–water partition coefficient (Wildman–Crippen LogP) is 2.01. The van der Waals surface area contributed by atoms with E-state index in [1.54, 1.807) is 6.92 Å². The normalized spacial score (nSPS) is 17.7. The van der Waals surface area contributed by atoms with E-state index in [1.165, 1.54) is 0 Å². The van der Waals surface area contributed by atoms with Gasteiger partial charge in [0.25, 0.3) is 0 Å². The van der Waals surface area contributed by atoms with Crippen molar-refractivity contribution < 1.29 is 19.0 Å². The minimum atomic E-state index is -0.662. The minimum absolute atomic E-state index is 0.203. The summed E-state index contributed by atoms with van der Waals surface area (Å²) in [7, 11) is 0. The summed E-state index contributed by atoms with van der Waals surface area (Å²) in [4.78, 5) is 11.5. The number of aryl methyl sites for hydroxylation is 2. The van der Waals surface area contributed by atoms with E-state index in [0.29, 0.717) is 18.1 Å². The van der Waals surface area contributed by atoms with Gasteiger partial charge in [0.05, 0.1) is 6.61 Å². The Bertz CT molecular complexity index is 439. The summed E-state index contributed by atoms with van der Waals surface area (Å²) in [6.07, 6.45) is -0.662. The van der Waals surface area contributed by atoms with Gasteiger partial charge in [-0.2, -0.15) is 0 Å². The lowest BCUT2D eigenvalue weighted by molar-refractivity contribution is -0.153. The molecular weight excluding hydrogens is 220 g/mol. The van der Waals surface area contributed by atoms with Crippen molar-refractivity contribution in [2.45, 2.75) is 26.9 Å². The van der Waals surface area contributed by atoms with Gasteiger partial charge < -0.3 is 14.2 Å². The number of hydrogen-bond donors (Lipinski definition) is 0. The summed E-state index contributed by atoms with van der Waals surface area (Å²) in [6.45, 7) is 6.32. The van der Waals surface area contributed by atoms with Crippen molar-refractivity contribution in [1.82, 2.24) is 0 Å². The molecule has 0 amide bonds. The van der Waals surface area contributed by atoms with Crippen molar-refractivity contribution >= 4 is 5.97 Å². The molecule has 0 radical (unpaired) electrons. The summed E-state index contributed by atoms with van der Waals surface area (Å²) >= 11 is 0. The molecule has 1 heterocycles. The fourth-order valence-corrected chi connectivity index (χ4v) is 1.67. The van der Waals surface area contributed by atoms with Gasteiger partial charge in [-0.15, -0.1) is 0 Å². The first kappa shape index (κ1) is 11.8. The first-order valence-corrected chi connectivity index (χ1v) is 5.69. The highest BCUT2D eigenvalue weighted by Gasteiger charge is 2.28. The van der Waals surface area contributed by atoms with Crippen LogP contribution in [0, 0.1) is 13.8 Å². The third-order valence-electron chi connectivity index (χ3n) is 2.77. The highest BCUT2D eigenvalue weighted by molar-refractivity contribution is 5.76. The standard InChI is InChI=1S/C13H16O4/c1-4-15-13(14)12-7-16-10-5-8(2)9(3)6-11(10)17-12/h5-6,12H,4,7H2,1-3H3/t12-/m1/s1. The molecule has 4 nitrogen and oxygen atoms in total. The number of rotatable bonds is 2. The molecule has 0 aliphatic carbocycles. The van der Waals surface area contributed by atoms with Crippen LogP contribution in [0.15, 0.2) is 12.1 Å². The van der Waals surface area contributed by atoms with Gasteiger partial charge in [0.2, 0.25) is 6.10 Å². The lowest BCUT2D eigenvalue weighted by Gasteiger charge is -2.25. The molecule has 0 aromatic heterocycles. The monoisotopic (exact) mass is 236 g/mol. The molecule has 0 fully saturated rings. The van der Waals surface area contributed by atoms with E-state index in [2.05, 4.69) is 0 Å². The van der Waals surface area contributed by atoms with Crippen LogP contribution in [-0.2, 0) is 9.53 Å². The smallest absolute Gasteiger partial charge is 0.350 e. The largest absolute Gasteiger partial charge is 0.485 e. The first-order valence-electron chi connectivity index (χ1n) is 5.69. The van der Waals surface area contributed by atoms with Crippen LogP contribution < -0.4 is 9.47 Å².